The topological polar surface area (TPSA) is 50.4 Å². The lowest BCUT2D eigenvalue weighted by Gasteiger charge is -2.30. The van der Waals surface area contributed by atoms with Crippen LogP contribution in [0.25, 0.3) is 0 Å². The van der Waals surface area contributed by atoms with Crippen LogP contribution in [0.1, 0.15) is 51.9 Å². The van der Waals surface area contributed by atoms with Crippen LogP contribution < -0.4 is 10.6 Å². The molecule has 0 radical (unpaired) electrons. The molecule has 0 saturated carbocycles. The van der Waals surface area contributed by atoms with Gasteiger partial charge in [-0.15, -0.1) is 0 Å². The molecule has 3 unspecified atom stereocenters. The Morgan fingerprint density at radius 1 is 1.22 bits per heavy atom. The lowest BCUT2D eigenvalue weighted by molar-refractivity contribution is -0.125. The molecule has 0 aromatic rings. The fraction of sp³-hybridized carbons (Fsp3) is 0.929. The molecule has 2 saturated heterocycles. The van der Waals surface area contributed by atoms with Crippen LogP contribution >= 0.6 is 0 Å². The molecule has 0 spiro atoms. The summed E-state index contributed by atoms with van der Waals surface area (Å²) in [6, 6.07) is 0.317. The number of hydrogen-bond acceptors (Lipinski definition) is 3. The van der Waals surface area contributed by atoms with Crippen molar-refractivity contribution in [1.29, 1.82) is 0 Å². The maximum atomic E-state index is 12.2. The summed E-state index contributed by atoms with van der Waals surface area (Å²) in [5.41, 5.74) is 0. The molecule has 2 aliphatic heterocycles. The average molecular weight is 254 g/mol. The zero-order valence-electron chi connectivity index (χ0n) is 11.4. The number of carbonyl (C=O) groups is 1. The SMILES string of the molecule is CC1CC(NC(=O)C2CCCCCCN2)CCO1. The molecule has 1 amide bonds. The van der Waals surface area contributed by atoms with Gasteiger partial charge in [-0.25, -0.2) is 0 Å². The molecule has 2 aliphatic rings. The predicted molar refractivity (Wildman–Crippen MR) is 71.5 cm³/mol. The van der Waals surface area contributed by atoms with Gasteiger partial charge in [0.2, 0.25) is 5.91 Å². The minimum absolute atomic E-state index is 0.0171. The molecule has 2 fully saturated rings. The average Bonchev–Trinajstić information content (AvgIpc) is 2.28. The first-order valence-corrected chi connectivity index (χ1v) is 7.41. The summed E-state index contributed by atoms with van der Waals surface area (Å²) in [7, 11) is 0. The van der Waals surface area contributed by atoms with Crippen LogP contribution in [0, 0.1) is 0 Å². The van der Waals surface area contributed by atoms with E-state index in [0.717, 1.165) is 38.8 Å². The van der Waals surface area contributed by atoms with Gasteiger partial charge in [-0.1, -0.05) is 19.3 Å². The number of hydrogen-bond donors (Lipinski definition) is 2. The molecule has 4 heteroatoms. The molecule has 4 nitrogen and oxygen atoms in total. The summed E-state index contributed by atoms with van der Waals surface area (Å²) in [6.07, 6.45) is 8.05. The Hall–Kier alpha value is -0.610. The number of carbonyl (C=O) groups excluding carboxylic acids is 1. The minimum Gasteiger partial charge on any atom is -0.378 e. The van der Waals surface area contributed by atoms with E-state index in [1.807, 2.05) is 0 Å². The van der Waals surface area contributed by atoms with Crippen LogP contribution in [0.2, 0.25) is 0 Å². The van der Waals surface area contributed by atoms with Crippen molar-refractivity contribution in [2.45, 2.75) is 70.1 Å². The van der Waals surface area contributed by atoms with E-state index in [9.17, 15) is 4.79 Å². The third-order valence-corrected chi connectivity index (χ3v) is 3.96. The third-order valence-electron chi connectivity index (χ3n) is 3.96. The maximum absolute atomic E-state index is 12.2. The third kappa shape index (κ3) is 4.25. The Labute approximate surface area is 110 Å². The van der Waals surface area contributed by atoms with Crippen LogP contribution in [0.3, 0.4) is 0 Å². The monoisotopic (exact) mass is 254 g/mol. The quantitative estimate of drug-likeness (QED) is 0.787. The Kier molecular flexibility index (Phi) is 5.45. The zero-order valence-corrected chi connectivity index (χ0v) is 11.4. The van der Waals surface area contributed by atoms with Crippen molar-refractivity contribution in [3.63, 3.8) is 0 Å². The van der Waals surface area contributed by atoms with Gasteiger partial charge >= 0.3 is 0 Å². The van der Waals surface area contributed by atoms with E-state index in [4.69, 9.17) is 4.74 Å². The second kappa shape index (κ2) is 7.10. The van der Waals surface area contributed by atoms with Gasteiger partial charge in [0, 0.05) is 12.6 Å². The van der Waals surface area contributed by atoms with Crippen molar-refractivity contribution in [2.75, 3.05) is 13.2 Å². The Balaban J connectivity index is 1.78. The number of amides is 1. The van der Waals surface area contributed by atoms with Gasteiger partial charge in [0.05, 0.1) is 12.1 Å². The summed E-state index contributed by atoms with van der Waals surface area (Å²) >= 11 is 0. The summed E-state index contributed by atoms with van der Waals surface area (Å²) in [5, 5.41) is 6.56. The molecule has 0 bridgehead atoms. The number of nitrogens with one attached hydrogen (secondary N) is 2. The highest BCUT2D eigenvalue weighted by molar-refractivity contribution is 5.82. The molecule has 2 N–H and O–H groups in total. The summed E-state index contributed by atoms with van der Waals surface area (Å²) in [6.45, 7) is 3.82. The number of rotatable bonds is 2. The molecule has 2 heterocycles. The first kappa shape index (κ1) is 13.8. The van der Waals surface area contributed by atoms with Crippen molar-refractivity contribution in [1.82, 2.24) is 10.6 Å². The molecule has 18 heavy (non-hydrogen) atoms. The highest BCUT2D eigenvalue weighted by Crippen LogP contribution is 2.14. The van der Waals surface area contributed by atoms with E-state index in [1.165, 1.54) is 19.3 Å². The van der Waals surface area contributed by atoms with Gasteiger partial charge in [-0.3, -0.25) is 4.79 Å². The van der Waals surface area contributed by atoms with Crippen molar-refractivity contribution < 1.29 is 9.53 Å². The van der Waals surface area contributed by atoms with Crippen LogP contribution in [0.5, 0.6) is 0 Å². The molecule has 0 aromatic carbocycles. The Morgan fingerprint density at radius 2 is 2.06 bits per heavy atom. The molecular weight excluding hydrogens is 228 g/mol. The lowest BCUT2D eigenvalue weighted by Crippen LogP contribution is -2.50. The van der Waals surface area contributed by atoms with E-state index < -0.39 is 0 Å². The van der Waals surface area contributed by atoms with Gasteiger partial charge in [0.25, 0.3) is 0 Å². The van der Waals surface area contributed by atoms with Crippen LogP contribution in [-0.2, 0) is 9.53 Å². The summed E-state index contributed by atoms with van der Waals surface area (Å²) in [4.78, 5) is 12.2. The summed E-state index contributed by atoms with van der Waals surface area (Å²) < 4.78 is 5.50. The van der Waals surface area contributed by atoms with Gasteiger partial charge in [0.15, 0.2) is 0 Å². The minimum atomic E-state index is 0.0171. The van der Waals surface area contributed by atoms with Crippen molar-refractivity contribution >= 4 is 5.91 Å². The lowest BCUT2D eigenvalue weighted by atomic mass is 10.0. The smallest absolute Gasteiger partial charge is 0.237 e. The van der Waals surface area contributed by atoms with Gasteiger partial charge in [0.1, 0.15) is 0 Å². The van der Waals surface area contributed by atoms with E-state index >= 15 is 0 Å². The maximum Gasteiger partial charge on any atom is 0.237 e. The first-order chi connectivity index (χ1) is 8.75. The van der Waals surface area contributed by atoms with Gasteiger partial charge in [-0.2, -0.15) is 0 Å². The normalized spacial score (nSPS) is 34.4. The highest BCUT2D eigenvalue weighted by atomic mass is 16.5. The molecule has 0 aromatic heterocycles. The van der Waals surface area contributed by atoms with Gasteiger partial charge < -0.3 is 15.4 Å². The largest absolute Gasteiger partial charge is 0.378 e. The summed E-state index contributed by atoms with van der Waals surface area (Å²) in [5.74, 6) is 0.191. The molecule has 0 aliphatic carbocycles. The van der Waals surface area contributed by atoms with Crippen molar-refractivity contribution in [3.8, 4) is 0 Å². The highest BCUT2D eigenvalue weighted by Gasteiger charge is 2.24. The fourth-order valence-corrected chi connectivity index (χ4v) is 2.86. The second-order valence-corrected chi connectivity index (χ2v) is 5.62. The fourth-order valence-electron chi connectivity index (χ4n) is 2.86. The standard InChI is InChI=1S/C14H26N2O2/c1-11-10-12(7-9-18-11)16-14(17)13-6-4-2-3-5-8-15-13/h11-13,15H,2-10H2,1H3,(H,16,17). The molecule has 2 rings (SSSR count). The Bertz CT molecular complexity index is 263. The van der Waals surface area contributed by atoms with Crippen molar-refractivity contribution in [2.24, 2.45) is 0 Å². The van der Waals surface area contributed by atoms with E-state index in [1.54, 1.807) is 0 Å². The van der Waals surface area contributed by atoms with Crippen LogP contribution in [0.15, 0.2) is 0 Å². The van der Waals surface area contributed by atoms with Crippen LogP contribution in [-0.4, -0.2) is 37.2 Å². The first-order valence-electron chi connectivity index (χ1n) is 7.41. The van der Waals surface area contributed by atoms with Gasteiger partial charge in [-0.05, 0) is 39.2 Å². The van der Waals surface area contributed by atoms with Crippen molar-refractivity contribution in [3.05, 3.63) is 0 Å². The zero-order chi connectivity index (χ0) is 12.8. The molecule has 3 atom stereocenters. The molecule has 104 valence electrons. The second-order valence-electron chi connectivity index (χ2n) is 5.62. The predicted octanol–water partition coefficient (Wildman–Crippen LogP) is 1.59. The van der Waals surface area contributed by atoms with E-state index in [-0.39, 0.29) is 18.1 Å². The molecular formula is C14H26N2O2. The van der Waals surface area contributed by atoms with E-state index in [0.29, 0.717) is 6.04 Å². The number of ether oxygens (including phenoxy) is 1. The Morgan fingerprint density at radius 3 is 2.89 bits per heavy atom. The van der Waals surface area contributed by atoms with E-state index in [2.05, 4.69) is 17.6 Å². The van der Waals surface area contributed by atoms with Crippen LogP contribution in [0.4, 0.5) is 0 Å².